The van der Waals surface area contributed by atoms with E-state index in [1.165, 1.54) is 40.3 Å². The van der Waals surface area contributed by atoms with E-state index in [1.54, 1.807) is 0 Å². The van der Waals surface area contributed by atoms with Gasteiger partial charge in [-0.1, -0.05) is 42.5 Å². The predicted octanol–water partition coefficient (Wildman–Crippen LogP) is 5.83. The number of nitrogens with one attached hydrogen (secondary N) is 2. The van der Waals surface area contributed by atoms with Crippen molar-refractivity contribution >= 4 is 21.8 Å². The summed E-state index contributed by atoms with van der Waals surface area (Å²) in [6.45, 7) is 4.63. The molecule has 144 valence electrons. The summed E-state index contributed by atoms with van der Waals surface area (Å²) in [4.78, 5) is 3.54. The molecule has 0 spiro atoms. The molecule has 0 aliphatic carbocycles. The number of benzene rings is 3. The van der Waals surface area contributed by atoms with E-state index < -0.39 is 0 Å². The average Bonchev–Trinajstić information content (AvgIpc) is 3.10. The minimum absolute atomic E-state index is 0.686. The van der Waals surface area contributed by atoms with Crippen molar-refractivity contribution in [1.29, 1.82) is 0 Å². The Morgan fingerprint density at radius 1 is 0.893 bits per heavy atom. The molecule has 0 saturated heterocycles. The maximum Gasteiger partial charge on any atom is 0.121 e. The highest BCUT2D eigenvalue weighted by Crippen LogP contribution is 2.30. The van der Waals surface area contributed by atoms with Crippen molar-refractivity contribution < 1.29 is 4.74 Å². The van der Waals surface area contributed by atoms with E-state index >= 15 is 0 Å². The molecule has 0 fully saturated rings. The first-order valence-electron chi connectivity index (χ1n) is 10.3. The van der Waals surface area contributed by atoms with Crippen molar-refractivity contribution in [1.82, 2.24) is 10.3 Å². The average molecular weight is 373 g/mol. The Morgan fingerprint density at radius 3 is 2.64 bits per heavy atom. The van der Waals surface area contributed by atoms with Crippen LogP contribution in [0.15, 0.2) is 66.7 Å². The molecule has 0 aliphatic rings. The number of rotatable bonds is 9. The van der Waals surface area contributed by atoms with Crippen LogP contribution in [0, 0.1) is 0 Å². The SMILES string of the molecule is CCOc1ccc2c(c1)[nH]c1cccc(CNCCCCc3ccccc3)c12. The van der Waals surface area contributed by atoms with Gasteiger partial charge in [-0.2, -0.15) is 0 Å². The Morgan fingerprint density at radius 2 is 1.79 bits per heavy atom. The van der Waals surface area contributed by atoms with E-state index in [2.05, 4.69) is 77.0 Å². The van der Waals surface area contributed by atoms with Crippen LogP contribution in [0.25, 0.3) is 21.8 Å². The molecule has 1 aromatic heterocycles. The Hall–Kier alpha value is -2.78. The second-order valence-electron chi connectivity index (χ2n) is 7.22. The third kappa shape index (κ3) is 4.20. The van der Waals surface area contributed by atoms with E-state index in [0.29, 0.717) is 6.61 Å². The minimum Gasteiger partial charge on any atom is -0.494 e. The topological polar surface area (TPSA) is 37.0 Å². The molecule has 0 bridgehead atoms. The Labute approximate surface area is 166 Å². The number of hydrogen-bond acceptors (Lipinski definition) is 2. The smallest absolute Gasteiger partial charge is 0.121 e. The second kappa shape index (κ2) is 8.94. The maximum atomic E-state index is 5.64. The molecule has 3 heteroatoms. The van der Waals surface area contributed by atoms with Gasteiger partial charge in [-0.15, -0.1) is 0 Å². The normalized spacial score (nSPS) is 11.3. The molecule has 0 atom stereocenters. The molecule has 28 heavy (non-hydrogen) atoms. The van der Waals surface area contributed by atoms with Crippen molar-refractivity contribution in [3.63, 3.8) is 0 Å². The maximum absolute atomic E-state index is 5.64. The van der Waals surface area contributed by atoms with Crippen molar-refractivity contribution in [3.8, 4) is 5.75 Å². The van der Waals surface area contributed by atoms with Gasteiger partial charge < -0.3 is 15.0 Å². The summed E-state index contributed by atoms with van der Waals surface area (Å²) in [5.41, 5.74) is 5.09. The van der Waals surface area contributed by atoms with Crippen LogP contribution in [0.3, 0.4) is 0 Å². The first-order valence-corrected chi connectivity index (χ1v) is 10.3. The first-order chi connectivity index (χ1) is 13.8. The van der Waals surface area contributed by atoms with Crippen LogP contribution >= 0.6 is 0 Å². The number of H-pyrrole nitrogens is 1. The van der Waals surface area contributed by atoms with Gasteiger partial charge in [0.05, 0.1) is 12.1 Å². The van der Waals surface area contributed by atoms with Gasteiger partial charge in [-0.3, -0.25) is 0 Å². The van der Waals surface area contributed by atoms with Gasteiger partial charge >= 0.3 is 0 Å². The summed E-state index contributed by atoms with van der Waals surface area (Å²) >= 11 is 0. The zero-order valence-electron chi connectivity index (χ0n) is 16.5. The van der Waals surface area contributed by atoms with Crippen molar-refractivity contribution in [2.24, 2.45) is 0 Å². The molecule has 0 saturated carbocycles. The molecular formula is C25H28N2O. The number of aromatic amines is 1. The summed E-state index contributed by atoms with van der Waals surface area (Å²) in [5, 5.41) is 6.21. The molecule has 0 radical (unpaired) electrons. The summed E-state index contributed by atoms with van der Waals surface area (Å²) < 4.78 is 5.64. The zero-order valence-corrected chi connectivity index (χ0v) is 16.5. The van der Waals surface area contributed by atoms with E-state index in [9.17, 15) is 0 Å². The number of ether oxygens (including phenoxy) is 1. The van der Waals surface area contributed by atoms with Crippen LogP contribution in [-0.2, 0) is 13.0 Å². The van der Waals surface area contributed by atoms with Crippen LogP contribution < -0.4 is 10.1 Å². The molecule has 0 unspecified atom stereocenters. The van der Waals surface area contributed by atoms with Gasteiger partial charge in [0.1, 0.15) is 5.75 Å². The summed E-state index contributed by atoms with van der Waals surface area (Å²) in [5.74, 6) is 0.916. The number of aromatic nitrogens is 1. The fourth-order valence-electron chi connectivity index (χ4n) is 3.86. The van der Waals surface area contributed by atoms with Gasteiger partial charge in [-0.05, 0) is 62.1 Å². The molecule has 3 nitrogen and oxygen atoms in total. The lowest BCUT2D eigenvalue weighted by Gasteiger charge is -2.07. The van der Waals surface area contributed by atoms with Crippen molar-refractivity contribution in [3.05, 3.63) is 77.9 Å². The van der Waals surface area contributed by atoms with E-state index in [0.717, 1.165) is 30.8 Å². The van der Waals surface area contributed by atoms with Crippen molar-refractivity contribution in [2.45, 2.75) is 32.7 Å². The summed E-state index contributed by atoms with van der Waals surface area (Å²) in [6, 6.07) is 23.6. The lowest BCUT2D eigenvalue weighted by Crippen LogP contribution is -2.15. The second-order valence-corrected chi connectivity index (χ2v) is 7.22. The van der Waals surface area contributed by atoms with Crippen molar-refractivity contribution in [2.75, 3.05) is 13.2 Å². The lowest BCUT2D eigenvalue weighted by atomic mass is 10.1. The number of unbranched alkanes of at least 4 members (excludes halogenated alkanes) is 1. The predicted molar refractivity (Wildman–Crippen MR) is 118 cm³/mol. The molecule has 0 aliphatic heterocycles. The zero-order chi connectivity index (χ0) is 19.2. The van der Waals surface area contributed by atoms with Crippen LogP contribution in [-0.4, -0.2) is 18.1 Å². The highest BCUT2D eigenvalue weighted by Gasteiger charge is 2.09. The molecule has 4 rings (SSSR count). The molecular weight excluding hydrogens is 344 g/mol. The van der Waals surface area contributed by atoms with E-state index in [4.69, 9.17) is 4.74 Å². The highest BCUT2D eigenvalue weighted by molar-refractivity contribution is 6.09. The molecule has 1 heterocycles. The van der Waals surface area contributed by atoms with Gasteiger partial charge in [-0.25, -0.2) is 0 Å². The third-order valence-electron chi connectivity index (χ3n) is 5.22. The van der Waals surface area contributed by atoms with Gasteiger partial charge in [0.15, 0.2) is 0 Å². The molecule has 3 aromatic carbocycles. The van der Waals surface area contributed by atoms with Gasteiger partial charge in [0, 0.05) is 28.9 Å². The van der Waals surface area contributed by atoms with Crippen LogP contribution in [0.1, 0.15) is 30.9 Å². The third-order valence-corrected chi connectivity index (χ3v) is 5.22. The standard InChI is InChI=1S/C25H28N2O/c1-2-28-21-14-15-22-24(17-21)27-23-13-8-12-20(25(22)23)18-26-16-7-6-11-19-9-4-3-5-10-19/h3-5,8-10,12-15,17,26-27H,2,6-7,11,16,18H2,1H3. The highest BCUT2D eigenvalue weighted by atomic mass is 16.5. The van der Waals surface area contributed by atoms with Crippen LogP contribution in [0.2, 0.25) is 0 Å². The molecule has 4 aromatic rings. The summed E-state index contributed by atoms with van der Waals surface area (Å²) in [7, 11) is 0. The first kappa shape index (κ1) is 18.6. The monoisotopic (exact) mass is 372 g/mol. The number of aryl methyl sites for hydroxylation is 1. The van der Waals surface area contributed by atoms with E-state index in [-0.39, 0.29) is 0 Å². The fourth-order valence-corrected chi connectivity index (χ4v) is 3.86. The minimum atomic E-state index is 0.686. The van der Waals surface area contributed by atoms with Gasteiger partial charge in [0.2, 0.25) is 0 Å². The van der Waals surface area contributed by atoms with E-state index in [1.807, 2.05) is 6.92 Å². The van der Waals surface area contributed by atoms with Gasteiger partial charge in [0.25, 0.3) is 0 Å². The van der Waals surface area contributed by atoms with Crippen LogP contribution in [0.5, 0.6) is 5.75 Å². The quantitative estimate of drug-likeness (QED) is 0.363. The molecule has 0 amide bonds. The summed E-state index contributed by atoms with van der Waals surface area (Å²) in [6.07, 6.45) is 3.56. The Bertz CT molecular complexity index is 1040. The van der Waals surface area contributed by atoms with Crippen LogP contribution in [0.4, 0.5) is 0 Å². The molecule has 2 N–H and O–H groups in total. The Balaban J connectivity index is 1.39. The Kier molecular flexibility index (Phi) is 5.93. The lowest BCUT2D eigenvalue weighted by molar-refractivity contribution is 0.340. The number of fused-ring (bicyclic) bond motifs is 3. The fraction of sp³-hybridized carbons (Fsp3) is 0.280. The largest absolute Gasteiger partial charge is 0.494 e. The number of hydrogen-bond donors (Lipinski definition) is 2.